The zero-order chi connectivity index (χ0) is 12.8. The minimum atomic E-state index is -0.380. The third-order valence-corrected chi connectivity index (χ3v) is 4.57. The van der Waals surface area contributed by atoms with Crippen LogP contribution in [0.25, 0.3) is 0 Å². The number of halogens is 1. The monoisotopic (exact) mass is 336 g/mol. The van der Waals surface area contributed by atoms with Gasteiger partial charge in [-0.05, 0) is 51.4 Å². The summed E-state index contributed by atoms with van der Waals surface area (Å²) in [6.07, 6.45) is 2.75. The molecule has 0 saturated heterocycles. The molecule has 0 radical (unpaired) electrons. The summed E-state index contributed by atoms with van der Waals surface area (Å²) in [5.41, 5.74) is 6.99. The quantitative estimate of drug-likeness (QED) is 0.868. The zero-order valence-corrected chi connectivity index (χ0v) is 13.2. The molecule has 1 amide bonds. The van der Waals surface area contributed by atoms with E-state index in [0.29, 0.717) is 6.54 Å². The van der Waals surface area contributed by atoms with E-state index >= 15 is 0 Å². The number of likely N-dealkylation sites (N-methyl/N-ethyl adjacent to an activating group) is 1. The molecule has 96 valence electrons. The molecule has 0 spiro atoms. The number of thioether (sulfide) groups is 1. The summed E-state index contributed by atoms with van der Waals surface area (Å²) in [5.74, 6) is 0.937. The summed E-state index contributed by atoms with van der Waals surface area (Å²) in [4.78, 5) is 13.6. The first kappa shape index (κ1) is 15.0. The Bertz CT molecular complexity index is 370. The van der Waals surface area contributed by atoms with Gasteiger partial charge in [-0.1, -0.05) is 0 Å². The second kappa shape index (κ2) is 7.41. The molecule has 1 aromatic heterocycles. The maximum atomic E-state index is 11.9. The predicted octanol–water partition coefficient (Wildman–Crippen LogP) is 2.55. The first-order valence-electron chi connectivity index (χ1n) is 5.27. The van der Waals surface area contributed by atoms with E-state index in [9.17, 15) is 4.79 Å². The van der Waals surface area contributed by atoms with Crippen molar-refractivity contribution in [1.82, 2.24) is 4.90 Å². The van der Waals surface area contributed by atoms with E-state index in [4.69, 9.17) is 5.73 Å². The van der Waals surface area contributed by atoms with Crippen molar-refractivity contribution in [3.8, 4) is 0 Å². The molecular weight excluding hydrogens is 320 g/mol. The maximum Gasteiger partial charge on any atom is 0.239 e. The van der Waals surface area contributed by atoms with E-state index < -0.39 is 0 Å². The van der Waals surface area contributed by atoms with Crippen molar-refractivity contribution in [1.29, 1.82) is 0 Å². The Morgan fingerprint density at radius 1 is 1.71 bits per heavy atom. The molecule has 1 rings (SSSR count). The van der Waals surface area contributed by atoms with Crippen molar-refractivity contribution in [3.05, 3.63) is 20.8 Å². The third kappa shape index (κ3) is 4.99. The smallest absolute Gasteiger partial charge is 0.239 e. The fraction of sp³-hybridized carbons (Fsp3) is 0.545. The molecule has 0 unspecified atom stereocenters. The van der Waals surface area contributed by atoms with Crippen LogP contribution in [0.3, 0.4) is 0 Å². The van der Waals surface area contributed by atoms with Crippen LogP contribution in [0.5, 0.6) is 0 Å². The number of hydrogen-bond donors (Lipinski definition) is 1. The summed E-state index contributed by atoms with van der Waals surface area (Å²) in [7, 11) is 1.80. The largest absolute Gasteiger partial charge is 0.340 e. The standard InChI is InChI=1S/C11H17BrN2OS2/c1-14(6-8-5-10(12)17-7-8)11(15)9(13)3-4-16-2/h5,7,9H,3-4,6,13H2,1-2H3/t9-/m0/s1. The molecule has 2 N–H and O–H groups in total. The molecular formula is C11H17BrN2OS2. The normalized spacial score (nSPS) is 12.5. The molecule has 3 nitrogen and oxygen atoms in total. The fourth-order valence-corrected chi connectivity index (χ4v) is 3.12. The average molecular weight is 337 g/mol. The lowest BCUT2D eigenvalue weighted by atomic mass is 10.2. The van der Waals surface area contributed by atoms with Crippen LogP contribution >= 0.6 is 39.0 Å². The highest BCUT2D eigenvalue weighted by atomic mass is 79.9. The second-order valence-electron chi connectivity index (χ2n) is 3.84. The van der Waals surface area contributed by atoms with Crippen molar-refractivity contribution >= 4 is 44.9 Å². The van der Waals surface area contributed by atoms with Crippen molar-refractivity contribution in [3.63, 3.8) is 0 Å². The van der Waals surface area contributed by atoms with Gasteiger partial charge in [0, 0.05) is 13.6 Å². The molecule has 0 aliphatic rings. The van der Waals surface area contributed by atoms with Gasteiger partial charge in [0.2, 0.25) is 5.91 Å². The molecule has 0 aromatic carbocycles. The average Bonchev–Trinajstić information content (AvgIpc) is 2.70. The second-order valence-corrected chi connectivity index (χ2v) is 7.12. The zero-order valence-electron chi connectivity index (χ0n) is 9.98. The molecule has 0 bridgehead atoms. The van der Waals surface area contributed by atoms with Gasteiger partial charge in [-0.2, -0.15) is 11.8 Å². The van der Waals surface area contributed by atoms with Crippen LogP contribution in [-0.4, -0.2) is 35.9 Å². The minimum absolute atomic E-state index is 0.0152. The summed E-state index contributed by atoms with van der Waals surface area (Å²) < 4.78 is 1.08. The first-order valence-corrected chi connectivity index (χ1v) is 8.33. The summed E-state index contributed by atoms with van der Waals surface area (Å²) in [6, 6.07) is 1.65. The van der Waals surface area contributed by atoms with E-state index in [-0.39, 0.29) is 11.9 Å². The van der Waals surface area contributed by atoms with Crippen LogP contribution < -0.4 is 5.73 Å². The first-order chi connectivity index (χ1) is 8.04. The van der Waals surface area contributed by atoms with Crippen LogP contribution in [0, 0.1) is 0 Å². The van der Waals surface area contributed by atoms with Crippen molar-refractivity contribution in [2.45, 2.75) is 19.0 Å². The van der Waals surface area contributed by atoms with Gasteiger partial charge >= 0.3 is 0 Å². The minimum Gasteiger partial charge on any atom is -0.340 e. The number of rotatable bonds is 6. The van der Waals surface area contributed by atoms with Gasteiger partial charge in [-0.3, -0.25) is 4.79 Å². The maximum absolute atomic E-state index is 11.9. The molecule has 0 aliphatic heterocycles. The van der Waals surface area contributed by atoms with Gasteiger partial charge in [-0.25, -0.2) is 0 Å². The number of hydrogen-bond acceptors (Lipinski definition) is 4. The van der Waals surface area contributed by atoms with Crippen LogP contribution in [0.15, 0.2) is 15.2 Å². The highest BCUT2D eigenvalue weighted by Crippen LogP contribution is 2.21. The number of amides is 1. The lowest BCUT2D eigenvalue weighted by Gasteiger charge is -2.20. The van der Waals surface area contributed by atoms with Crippen molar-refractivity contribution < 1.29 is 4.79 Å². The topological polar surface area (TPSA) is 46.3 Å². The fourth-order valence-electron chi connectivity index (χ4n) is 1.43. The Balaban J connectivity index is 2.46. The Morgan fingerprint density at radius 2 is 2.41 bits per heavy atom. The Kier molecular flexibility index (Phi) is 6.54. The van der Waals surface area contributed by atoms with E-state index in [1.807, 2.05) is 17.7 Å². The molecule has 6 heteroatoms. The van der Waals surface area contributed by atoms with Gasteiger partial charge in [0.1, 0.15) is 0 Å². The Labute approximate surface area is 119 Å². The highest BCUT2D eigenvalue weighted by Gasteiger charge is 2.17. The number of thiophene rings is 1. The van der Waals surface area contributed by atoms with Gasteiger partial charge in [0.25, 0.3) is 0 Å². The molecule has 0 fully saturated rings. The lowest BCUT2D eigenvalue weighted by molar-refractivity contribution is -0.131. The van der Waals surface area contributed by atoms with Crippen LogP contribution in [0.1, 0.15) is 12.0 Å². The molecule has 1 aromatic rings. The van der Waals surface area contributed by atoms with Gasteiger partial charge in [-0.15, -0.1) is 11.3 Å². The van der Waals surface area contributed by atoms with Crippen LogP contribution in [-0.2, 0) is 11.3 Å². The van der Waals surface area contributed by atoms with E-state index in [2.05, 4.69) is 15.9 Å². The van der Waals surface area contributed by atoms with Crippen molar-refractivity contribution in [2.24, 2.45) is 5.73 Å². The number of nitrogens with two attached hydrogens (primary N) is 1. The van der Waals surface area contributed by atoms with Crippen LogP contribution in [0.4, 0.5) is 0 Å². The summed E-state index contributed by atoms with van der Waals surface area (Å²) in [5, 5.41) is 2.04. The van der Waals surface area contributed by atoms with Gasteiger partial charge in [0.15, 0.2) is 0 Å². The third-order valence-electron chi connectivity index (χ3n) is 2.37. The van der Waals surface area contributed by atoms with Gasteiger partial charge < -0.3 is 10.6 Å². The summed E-state index contributed by atoms with van der Waals surface area (Å²) in [6.45, 7) is 0.619. The number of carbonyl (C=O) groups is 1. The Hall–Kier alpha value is -0.0400. The van der Waals surface area contributed by atoms with E-state index in [1.165, 1.54) is 0 Å². The predicted molar refractivity (Wildman–Crippen MR) is 79.5 cm³/mol. The summed E-state index contributed by atoms with van der Waals surface area (Å²) >= 11 is 6.75. The van der Waals surface area contributed by atoms with Gasteiger partial charge in [0.05, 0.1) is 9.83 Å². The SMILES string of the molecule is CSCC[C@H](N)C(=O)N(C)Cc1csc(Br)c1. The van der Waals surface area contributed by atoms with E-state index in [1.54, 1.807) is 35.0 Å². The number of nitrogens with zero attached hydrogens (tertiary/aromatic N) is 1. The lowest BCUT2D eigenvalue weighted by Crippen LogP contribution is -2.41. The van der Waals surface area contributed by atoms with Crippen LogP contribution in [0.2, 0.25) is 0 Å². The van der Waals surface area contributed by atoms with E-state index in [0.717, 1.165) is 21.5 Å². The molecule has 0 saturated carbocycles. The molecule has 17 heavy (non-hydrogen) atoms. The number of carbonyl (C=O) groups excluding carboxylic acids is 1. The van der Waals surface area contributed by atoms with Crippen molar-refractivity contribution in [2.75, 3.05) is 19.1 Å². The molecule has 1 heterocycles. The molecule has 0 aliphatic carbocycles. The highest BCUT2D eigenvalue weighted by molar-refractivity contribution is 9.11. The molecule has 1 atom stereocenters. The Morgan fingerprint density at radius 3 is 2.94 bits per heavy atom.